The van der Waals surface area contributed by atoms with Crippen LogP contribution in [0.5, 0.6) is 0 Å². The molecule has 0 spiro atoms. The average Bonchev–Trinajstić information content (AvgIpc) is 3.45. The van der Waals surface area contributed by atoms with E-state index in [0.29, 0.717) is 36.7 Å². The number of nitrogens with one attached hydrogen (secondary N) is 2. The Balaban J connectivity index is 1.67. The monoisotopic (exact) mass is 516 g/mol. The lowest BCUT2D eigenvalue weighted by atomic mass is 9.99. The molecule has 1 unspecified atom stereocenters. The Morgan fingerprint density at radius 1 is 1.25 bits per heavy atom. The molecular formula is C26H36N4O5S. The minimum atomic E-state index is -0.927. The van der Waals surface area contributed by atoms with Crippen LogP contribution in [-0.2, 0) is 11.3 Å². The van der Waals surface area contributed by atoms with Crippen LogP contribution in [0.25, 0.3) is 0 Å². The highest BCUT2D eigenvalue weighted by molar-refractivity contribution is 7.16. The highest BCUT2D eigenvalue weighted by Crippen LogP contribution is 2.44. The highest BCUT2D eigenvalue weighted by atomic mass is 32.1. The van der Waals surface area contributed by atoms with Gasteiger partial charge < -0.3 is 29.9 Å². The lowest BCUT2D eigenvalue weighted by Crippen LogP contribution is -2.39. The molecule has 2 amide bonds. The number of pyridine rings is 1. The number of anilines is 1. The number of aromatic amines is 1. The Hall–Kier alpha value is -2.85. The normalized spacial score (nSPS) is 18.4. The van der Waals surface area contributed by atoms with Gasteiger partial charge in [0.2, 0.25) is 0 Å². The third kappa shape index (κ3) is 5.29. The molecule has 2 saturated heterocycles. The van der Waals surface area contributed by atoms with E-state index in [1.54, 1.807) is 11.3 Å². The molecule has 2 aliphatic rings. The van der Waals surface area contributed by atoms with Gasteiger partial charge in [0, 0.05) is 67.5 Å². The number of carbonyl (C=O) groups is 2. The largest absolute Gasteiger partial charge is 0.465 e. The number of hydrogen-bond donors (Lipinski definition) is 3. The van der Waals surface area contributed by atoms with E-state index in [4.69, 9.17) is 4.74 Å². The smallest absolute Gasteiger partial charge is 0.407 e. The number of H-pyrrole nitrogens is 1. The van der Waals surface area contributed by atoms with E-state index in [-0.39, 0.29) is 23.9 Å². The lowest BCUT2D eigenvalue weighted by molar-refractivity contribution is 0.0847. The zero-order valence-corrected chi connectivity index (χ0v) is 22.3. The summed E-state index contributed by atoms with van der Waals surface area (Å²) in [5, 5.41) is 13.5. The fourth-order valence-electron chi connectivity index (χ4n) is 5.44. The molecule has 4 rings (SSSR count). The fraction of sp³-hybridized carbons (Fsp3) is 0.577. The van der Waals surface area contributed by atoms with Crippen LogP contribution in [-0.4, -0.2) is 65.9 Å². The Kier molecular flexibility index (Phi) is 8.04. The summed E-state index contributed by atoms with van der Waals surface area (Å²) < 4.78 is 5.57. The van der Waals surface area contributed by atoms with Gasteiger partial charge in [-0.15, -0.1) is 11.3 Å². The maximum absolute atomic E-state index is 13.6. The van der Waals surface area contributed by atoms with E-state index in [2.05, 4.69) is 22.1 Å². The van der Waals surface area contributed by atoms with Gasteiger partial charge in [-0.2, -0.15) is 0 Å². The van der Waals surface area contributed by atoms with Crippen LogP contribution in [0.3, 0.4) is 0 Å². The number of aromatic nitrogens is 1. The molecule has 0 aromatic carbocycles. The number of carbonyl (C=O) groups excluding carboxylic acids is 1. The van der Waals surface area contributed by atoms with E-state index in [9.17, 15) is 19.5 Å². The lowest BCUT2D eigenvalue weighted by Gasteiger charge is -2.35. The highest BCUT2D eigenvalue weighted by Gasteiger charge is 2.35. The van der Waals surface area contributed by atoms with Crippen LogP contribution in [0.4, 0.5) is 9.80 Å². The summed E-state index contributed by atoms with van der Waals surface area (Å²) in [5.41, 5.74) is 3.51. The topological polar surface area (TPSA) is 115 Å². The first-order valence-corrected chi connectivity index (χ1v) is 13.5. The number of carboxylic acid groups (broad SMARTS) is 1. The van der Waals surface area contributed by atoms with Crippen molar-refractivity contribution >= 4 is 28.3 Å². The molecule has 2 fully saturated rings. The van der Waals surface area contributed by atoms with E-state index < -0.39 is 6.09 Å². The van der Waals surface area contributed by atoms with Crippen LogP contribution in [0, 0.1) is 20.8 Å². The zero-order valence-electron chi connectivity index (χ0n) is 21.5. The Morgan fingerprint density at radius 3 is 2.58 bits per heavy atom. The predicted octanol–water partition coefficient (Wildman–Crippen LogP) is 3.76. The molecule has 2 aromatic heterocycles. The molecule has 10 heteroatoms. The molecule has 1 atom stereocenters. The summed E-state index contributed by atoms with van der Waals surface area (Å²) in [7, 11) is 0. The van der Waals surface area contributed by atoms with Gasteiger partial charge in [0.05, 0.1) is 10.6 Å². The Bertz CT molecular complexity index is 1180. The summed E-state index contributed by atoms with van der Waals surface area (Å²) in [4.78, 5) is 45.2. The van der Waals surface area contributed by atoms with Gasteiger partial charge in [0.1, 0.15) is 0 Å². The van der Waals surface area contributed by atoms with Crippen molar-refractivity contribution < 1.29 is 19.4 Å². The van der Waals surface area contributed by atoms with Crippen LogP contribution >= 0.6 is 11.3 Å². The molecule has 0 radical (unpaired) electrons. The second-order valence-corrected chi connectivity index (χ2v) is 10.8. The van der Waals surface area contributed by atoms with Crippen molar-refractivity contribution in [3.63, 3.8) is 0 Å². The molecule has 0 aliphatic carbocycles. The number of likely N-dealkylation sites (tertiary alicyclic amines) is 1. The van der Waals surface area contributed by atoms with Crippen LogP contribution in [0.2, 0.25) is 0 Å². The molecule has 2 aliphatic heterocycles. The van der Waals surface area contributed by atoms with Crippen molar-refractivity contribution in [1.82, 2.24) is 15.2 Å². The molecular weight excluding hydrogens is 480 g/mol. The minimum absolute atomic E-state index is 0.0304. The van der Waals surface area contributed by atoms with Gasteiger partial charge in [-0.3, -0.25) is 9.59 Å². The molecule has 9 nitrogen and oxygen atoms in total. The maximum Gasteiger partial charge on any atom is 0.407 e. The quantitative estimate of drug-likeness (QED) is 0.516. The van der Waals surface area contributed by atoms with Gasteiger partial charge >= 0.3 is 6.09 Å². The first-order valence-electron chi connectivity index (χ1n) is 12.6. The number of ether oxygens (including phenoxy) is 1. The van der Waals surface area contributed by atoms with Crippen molar-refractivity contribution in [2.45, 2.75) is 65.5 Å². The molecule has 36 heavy (non-hydrogen) atoms. The first kappa shape index (κ1) is 26.2. The van der Waals surface area contributed by atoms with Gasteiger partial charge in [-0.25, -0.2) is 4.79 Å². The Labute approximate surface area is 215 Å². The van der Waals surface area contributed by atoms with Crippen molar-refractivity contribution in [3.8, 4) is 0 Å². The fourth-order valence-corrected chi connectivity index (χ4v) is 7.00. The zero-order chi connectivity index (χ0) is 26.0. The van der Waals surface area contributed by atoms with E-state index in [1.807, 2.05) is 26.8 Å². The number of aryl methyl sites for hydroxylation is 2. The molecule has 3 N–H and O–H groups in total. The minimum Gasteiger partial charge on any atom is -0.465 e. The number of amides is 2. The van der Waals surface area contributed by atoms with Crippen molar-refractivity contribution in [3.05, 3.63) is 49.2 Å². The maximum atomic E-state index is 13.6. The van der Waals surface area contributed by atoms with Crippen LogP contribution in [0.15, 0.2) is 10.9 Å². The van der Waals surface area contributed by atoms with E-state index in [0.717, 1.165) is 59.3 Å². The summed E-state index contributed by atoms with van der Waals surface area (Å²) in [5.74, 6) is -0.251. The van der Waals surface area contributed by atoms with Crippen molar-refractivity contribution in [2.75, 3.05) is 37.7 Å². The third-order valence-electron chi connectivity index (χ3n) is 7.36. The standard InChI is InChI=1S/C26H36N4O5S/c1-5-30(19-7-10-35-11-8-19)25-17(4)21(22(36-25)18-6-9-29(14-18)26(33)34)24(32)27-13-20-15(2)12-16(3)28-23(20)31/h12,18-19H,5-11,13-14H2,1-4H3,(H,27,32)(H,28,31)(H,33,34). The summed E-state index contributed by atoms with van der Waals surface area (Å²) in [6.07, 6.45) is 1.64. The van der Waals surface area contributed by atoms with Gasteiger partial charge in [0.15, 0.2) is 0 Å². The van der Waals surface area contributed by atoms with Crippen molar-refractivity contribution in [2.24, 2.45) is 0 Å². The molecule has 2 aromatic rings. The number of nitrogens with zero attached hydrogens (tertiary/aromatic N) is 2. The second kappa shape index (κ2) is 11.0. The van der Waals surface area contributed by atoms with Crippen LogP contribution in [0.1, 0.15) is 69.7 Å². The summed E-state index contributed by atoms with van der Waals surface area (Å²) in [6, 6.07) is 2.24. The van der Waals surface area contributed by atoms with Gasteiger partial charge in [-0.1, -0.05) is 0 Å². The second-order valence-electron chi connectivity index (χ2n) is 9.74. The Morgan fingerprint density at radius 2 is 1.97 bits per heavy atom. The summed E-state index contributed by atoms with van der Waals surface area (Å²) in [6.45, 7) is 11.1. The number of hydrogen-bond acceptors (Lipinski definition) is 6. The van der Waals surface area contributed by atoms with Crippen molar-refractivity contribution in [1.29, 1.82) is 0 Å². The van der Waals surface area contributed by atoms with E-state index in [1.165, 1.54) is 4.90 Å². The van der Waals surface area contributed by atoms with Gasteiger partial charge in [0.25, 0.3) is 11.5 Å². The van der Waals surface area contributed by atoms with Gasteiger partial charge in [-0.05, 0) is 64.2 Å². The molecule has 4 heterocycles. The number of thiophene rings is 1. The van der Waals surface area contributed by atoms with Crippen LogP contribution < -0.4 is 15.8 Å². The third-order valence-corrected chi connectivity index (χ3v) is 8.85. The molecule has 0 saturated carbocycles. The van der Waals surface area contributed by atoms with E-state index >= 15 is 0 Å². The summed E-state index contributed by atoms with van der Waals surface area (Å²) >= 11 is 1.62. The first-order chi connectivity index (χ1) is 17.2. The predicted molar refractivity (Wildman–Crippen MR) is 141 cm³/mol. The molecule has 0 bridgehead atoms. The SMILES string of the molecule is CCN(c1sc(C2CCN(C(=O)O)C2)c(C(=O)NCc2c(C)cc(C)[nH]c2=O)c1C)C1CCOCC1. The molecule has 196 valence electrons. The number of rotatable bonds is 7. The average molecular weight is 517 g/mol.